The van der Waals surface area contributed by atoms with Gasteiger partial charge in [0.25, 0.3) is 5.91 Å². The summed E-state index contributed by atoms with van der Waals surface area (Å²) < 4.78 is 0. The molecule has 2 heterocycles. The molecular formula is C18H20N6O. The number of carbonyl (C=O) groups excluding carboxylic acids is 1. The Bertz CT molecular complexity index is 803. The third kappa shape index (κ3) is 4.11. The van der Waals surface area contributed by atoms with E-state index in [1.54, 1.807) is 37.3 Å². The number of carbonyl (C=O) groups is 1. The molecule has 0 bridgehead atoms. The summed E-state index contributed by atoms with van der Waals surface area (Å²) in [6, 6.07) is 10.5. The molecule has 0 unspecified atom stereocenters. The number of likely N-dealkylation sites (N-methyl/N-ethyl adjacent to an activating group) is 1. The molecule has 0 saturated carbocycles. The van der Waals surface area contributed by atoms with Crippen LogP contribution in [0.2, 0.25) is 0 Å². The summed E-state index contributed by atoms with van der Waals surface area (Å²) in [6.07, 6.45) is 0. The maximum Gasteiger partial charge on any atom is 0.274 e. The molecule has 0 atom stereocenters. The van der Waals surface area contributed by atoms with E-state index in [1.807, 2.05) is 0 Å². The number of nitriles is 1. The van der Waals surface area contributed by atoms with Crippen molar-refractivity contribution in [1.29, 1.82) is 5.26 Å². The average molecular weight is 336 g/mol. The normalized spacial score (nSPS) is 14.8. The van der Waals surface area contributed by atoms with Crippen LogP contribution in [0.5, 0.6) is 0 Å². The number of hydrogen-bond donors (Lipinski definition) is 1. The van der Waals surface area contributed by atoms with Crippen LogP contribution in [-0.2, 0) is 0 Å². The monoisotopic (exact) mass is 336 g/mol. The van der Waals surface area contributed by atoms with Crippen molar-refractivity contribution in [2.75, 3.05) is 43.4 Å². The summed E-state index contributed by atoms with van der Waals surface area (Å²) in [5.74, 6) is 1.07. The summed E-state index contributed by atoms with van der Waals surface area (Å²) in [5, 5.41) is 11.6. The van der Waals surface area contributed by atoms with Crippen LogP contribution in [0.15, 0.2) is 30.3 Å². The zero-order valence-electron chi connectivity index (χ0n) is 14.4. The first-order valence-corrected chi connectivity index (χ1v) is 8.16. The highest BCUT2D eigenvalue weighted by molar-refractivity contribution is 6.03. The lowest BCUT2D eigenvalue weighted by Crippen LogP contribution is -2.45. The van der Waals surface area contributed by atoms with Crippen molar-refractivity contribution in [1.82, 2.24) is 14.9 Å². The van der Waals surface area contributed by atoms with Crippen molar-refractivity contribution >= 4 is 17.4 Å². The molecule has 3 rings (SSSR count). The van der Waals surface area contributed by atoms with Gasteiger partial charge < -0.3 is 15.1 Å². The van der Waals surface area contributed by atoms with Crippen LogP contribution >= 0.6 is 0 Å². The van der Waals surface area contributed by atoms with Gasteiger partial charge in [0.05, 0.1) is 11.6 Å². The summed E-state index contributed by atoms with van der Waals surface area (Å²) in [5.41, 5.74) is 1.51. The maximum atomic E-state index is 12.5. The van der Waals surface area contributed by atoms with Crippen LogP contribution in [0, 0.1) is 18.3 Å². The van der Waals surface area contributed by atoms with E-state index in [4.69, 9.17) is 5.26 Å². The fraction of sp³-hybridized carbons (Fsp3) is 0.333. The number of anilines is 2. The van der Waals surface area contributed by atoms with Crippen LogP contribution in [0.4, 0.5) is 11.5 Å². The largest absolute Gasteiger partial charge is 0.354 e. The molecule has 1 aliphatic rings. The Labute approximate surface area is 146 Å². The summed E-state index contributed by atoms with van der Waals surface area (Å²) in [6.45, 7) is 5.48. The van der Waals surface area contributed by atoms with Crippen molar-refractivity contribution < 1.29 is 4.79 Å². The molecule has 1 aliphatic heterocycles. The van der Waals surface area contributed by atoms with Gasteiger partial charge in [-0.25, -0.2) is 9.97 Å². The van der Waals surface area contributed by atoms with E-state index in [1.165, 1.54) is 0 Å². The summed E-state index contributed by atoms with van der Waals surface area (Å²) in [4.78, 5) is 25.7. The van der Waals surface area contributed by atoms with Gasteiger partial charge in [-0.3, -0.25) is 4.79 Å². The van der Waals surface area contributed by atoms with E-state index >= 15 is 0 Å². The smallest absolute Gasteiger partial charge is 0.274 e. The standard InChI is InChI=1S/C18H20N6O/c1-13-20-16(11-17(21-13)24-9-7-23(2)8-10-24)18(25)22-15-5-3-14(12-19)4-6-15/h3-6,11H,7-10H2,1-2H3,(H,22,25). The molecule has 0 radical (unpaired) electrons. The molecule has 7 heteroatoms. The lowest BCUT2D eigenvalue weighted by atomic mass is 10.2. The van der Waals surface area contributed by atoms with Crippen LogP contribution < -0.4 is 10.2 Å². The molecule has 7 nitrogen and oxygen atoms in total. The average Bonchev–Trinajstić information content (AvgIpc) is 2.62. The second kappa shape index (κ2) is 7.28. The fourth-order valence-corrected chi connectivity index (χ4v) is 2.69. The van der Waals surface area contributed by atoms with Gasteiger partial charge in [0.15, 0.2) is 0 Å². The van der Waals surface area contributed by atoms with Crippen molar-refractivity contribution in [3.8, 4) is 6.07 Å². The predicted molar refractivity (Wildman–Crippen MR) is 95.6 cm³/mol. The molecule has 1 saturated heterocycles. The molecule has 1 aromatic heterocycles. The van der Waals surface area contributed by atoms with Crippen LogP contribution in [0.1, 0.15) is 21.9 Å². The Morgan fingerprint density at radius 1 is 1.16 bits per heavy atom. The number of piperazine rings is 1. The molecule has 1 N–H and O–H groups in total. The Morgan fingerprint density at radius 2 is 1.84 bits per heavy atom. The minimum absolute atomic E-state index is 0.286. The fourth-order valence-electron chi connectivity index (χ4n) is 2.69. The first-order valence-electron chi connectivity index (χ1n) is 8.16. The first kappa shape index (κ1) is 16.9. The Hall–Kier alpha value is -2.98. The summed E-state index contributed by atoms with van der Waals surface area (Å²) >= 11 is 0. The van der Waals surface area contributed by atoms with Gasteiger partial charge in [-0.15, -0.1) is 0 Å². The van der Waals surface area contributed by atoms with E-state index in [0.717, 1.165) is 32.0 Å². The molecule has 1 amide bonds. The second-order valence-electron chi connectivity index (χ2n) is 6.09. The molecule has 25 heavy (non-hydrogen) atoms. The number of aryl methyl sites for hydroxylation is 1. The van der Waals surface area contributed by atoms with Gasteiger partial charge in [-0.2, -0.15) is 5.26 Å². The predicted octanol–water partition coefficient (Wildman–Crippen LogP) is 1.66. The zero-order valence-corrected chi connectivity index (χ0v) is 14.4. The quantitative estimate of drug-likeness (QED) is 0.917. The van der Waals surface area contributed by atoms with Crippen molar-refractivity contribution in [3.63, 3.8) is 0 Å². The Kier molecular flexibility index (Phi) is 4.91. The number of benzene rings is 1. The van der Waals surface area contributed by atoms with E-state index < -0.39 is 0 Å². The molecule has 1 fully saturated rings. The third-order valence-corrected chi connectivity index (χ3v) is 4.16. The topological polar surface area (TPSA) is 85.1 Å². The Morgan fingerprint density at radius 3 is 2.48 bits per heavy atom. The second-order valence-corrected chi connectivity index (χ2v) is 6.09. The lowest BCUT2D eigenvalue weighted by Gasteiger charge is -2.33. The highest BCUT2D eigenvalue weighted by Crippen LogP contribution is 2.16. The van der Waals surface area contributed by atoms with Crippen molar-refractivity contribution in [2.45, 2.75) is 6.92 Å². The van der Waals surface area contributed by atoms with Crippen LogP contribution in [0.3, 0.4) is 0 Å². The Balaban J connectivity index is 1.76. The van der Waals surface area contributed by atoms with Gasteiger partial charge >= 0.3 is 0 Å². The number of nitrogens with zero attached hydrogens (tertiary/aromatic N) is 5. The maximum absolute atomic E-state index is 12.5. The number of aromatic nitrogens is 2. The molecule has 128 valence electrons. The summed E-state index contributed by atoms with van der Waals surface area (Å²) in [7, 11) is 2.10. The van der Waals surface area contributed by atoms with Crippen molar-refractivity contribution in [3.05, 3.63) is 47.4 Å². The number of rotatable bonds is 3. The molecule has 2 aromatic rings. The van der Waals surface area contributed by atoms with E-state index in [0.29, 0.717) is 22.8 Å². The van der Waals surface area contributed by atoms with Gasteiger partial charge in [0, 0.05) is 37.9 Å². The van der Waals surface area contributed by atoms with E-state index in [2.05, 4.69) is 38.2 Å². The minimum Gasteiger partial charge on any atom is -0.354 e. The van der Waals surface area contributed by atoms with Gasteiger partial charge in [0.1, 0.15) is 17.3 Å². The number of nitrogens with one attached hydrogen (secondary N) is 1. The molecule has 0 aliphatic carbocycles. The highest BCUT2D eigenvalue weighted by Gasteiger charge is 2.18. The van der Waals surface area contributed by atoms with Crippen LogP contribution in [0.25, 0.3) is 0 Å². The number of hydrogen-bond acceptors (Lipinski definition) is 6. The van der Waals surface area contributed by atoms with E-state index in [9.17, 15) is 4.79 Å². The third-order valence-electron chi connectivity index (χ3n) is 4.16. The van der Waals surface area contributed by atoms with Crippen LogP contribution in [-0.4, -0.2) is 54.0 Å². The van der Waals surface area contributed by atoms with E-state index in [-0.39, 0.29) is 5.91 Å². The zero-order chi connectivity index (χ0) is 17.8. The van der Waals surface area contributed by atoms with Gasteiger partial charge in [-0.1, -0.05) is 0 Å². The number of amides is 1. The molecule has 1 aromatic carbocycles. The van der Waals surface area contributed by atoms with Gasteiger partial charge in [-0.05, 0) is 38.2 Å². The first-order chi connectivity index (χ1) is 12.0. The lowest BCUT2D eigenvalue weighted by molar-refractivity contribution is 0.102. The molecule has 0 spiro atoms. The minimum atomic E-state index is -0.286. The SMILES string of the molecule is Cc1nc(C(=O)Nc2ccc(C#N)cc2)cc(N2CCN(C)CC2)n1. The molecular weight excluding hydrogens is 316 g/mol. The highest BCUT2D eigenvalue weighted by atomic mass is 16.1. The van der Waals surface area contributed by atoms with Crippen molar-refractivity contribution in [2.24, 2.45) is 0 Å². The van der Waals surface area contributed by atoms with Gasteiger partial charge in [0.2, 0.25) is 0 Å².